The molecule has 0 heterocycles. The minimum Gasteiger partial charge on any atom is -0.480 e. The van der Waals surface area contributed by atoms with Gasteiger partial charge in [0.25, 0.3) is 5.91 Å². The minimum atomic E-state index is -1.41. The predicted molar refractivity (Wildman–Crippen MR) is 54.7 cm³/mol. The zero-order valence-corrected chi connectivity index (χ0v) is 8.33. The number of hydrogen-bond acceptors (Lipinski definition) is 4. The predicted octanol–water partition coefficient (Wildman–Crippen LogP) is -0.312. The van der Waals surface area contributed by atoms with E-state index in [-0.39, 0.29) is 0 Å². The number of carbonyl (C=O) groups is 2. The molecule has 86 valence electrons. The molecule has 0 saturated heterocycles. The van der Waals surface area contributed by atoms with Gasteiger partial charge in [-0.15, -0.1) is 0 Å². The van der Waals surface area contributed by atoms with E-state index in [0.717, 1.165) is 0 Å². The van der Waals surface area contributed by atoms with Crippen molar-refractivity contribution < 1.29 is 19.9 Å². The molecule has 6 heteroatoms. The van der Waals surface area contributed by atoms with Crippen molar-refractivity contribution in [3.8, 4) is 0 Å². The summed E-state index contributed by atoms with van der Waals surface area (Å²) in [5.41, 5.74) is 7.25. The highest BCUT2D eigenvalue weighted by Crippen LogP contribution is 2.18. The molecule has 0 bridgehead atoms. The maximum Gasteiger partial charge on any atom is 0.321 e. The number of hydroxylamine groups is 1. The van der Waals surface area contributed by atoms with Crippen LogP contribution in [0.25, 0.3) is 0 Å². The van der Waals surface area contributed by atoms with E-state index in [1.165, 1.54) is 5.48 Å². The molecule has 0 spiro atoms. The van der Waals surface area contributed by atoms with E-state index in [2.05, 4.69) is 0 Å². The van der Waals surface area contributed by atoms with Gasteiger partial charge in [0, 0.05) is 0 Å². The van der Waals surface area contributed by atoms with E-state index in [0.29, 0.717) is 5.56 Å². The topological polar surface area (TPSA) is 113 Å². The lowest BCUT2D eigenvalue weighted by molar-refractivity contribution is -0.143. The third-order valence-corrected chi connectivity index (χ3v) is 2.20. The van der Waals surface area contributed by atoms with E-state index in [9.17, 15) is 9.59 Å². The Labute approximate surface area is 91.6 Å². The van der Waals surface area contributed by atoms with Crippen molar-refractivity contribution in [2.75, 3.05) is 0 Å². The number of hydrogen-bond donors (Lipinski definition) is 4. The number of amides is 1. The fourth-order valence-corrected chi connectivity index (χ4v) is 1.39. The summed E-state index contributed by atoms with van der Waals surface area (Å²) in [6.45, 7) is 0. The zero-order chi connectivity index (χ0) is 12.1. The van der Waals surface area contributed by atoms with Crippen molar-refractivity contribution >= 4 is 11.9 Å². The number of nitrogens with two attached hydrogens (primary N) is 1. The van der Waals surface area contributed by atoms with Crippen LogP contribution < -0.4 is 11.2 Å². The number of aliphatic carboxylic acids is 1. The third-order valence-electron chi connectivity index (χ3n) is 2.20. The quantitative estimate of drug-likeness (QED) is 0.414. The van der Waals surface area contributed by atoms with Crippen molar-refractivity contribution in [2.24, 2.45) is 5.73 Å². The first-order valence-electron chi connectivity index (χ1n) is 4.55. The van der Waals surface area contributed by atoms with Crippen molar-refractivity contribution in [1.82, 2.24) is 5.48 Å². The van der Waals surface area contributed by atoms with E-state index in [4.69, 9.17) is 16.0 Å². The molecule has 6 nitrogen and oxygen atoms in total. The van der Waals surface area contributed by atoms with Gasteiger partial charge in [-0.3, -0.25) is 14.8 Å². The van der Waals surface area contributed by atoms with Crippen molar-refractivity contribution in [3.05, 3.63) is 35.9 Å². The van der Waals surface area contributed by atoms with Crippen molar-refractivity contribution in [1.29, 1.82) is 0 Å². The highest BCUT2D eigenvalue weighted by Gasteiger charge is 2.31. The number of carboxylic acid groups (broad SMARTS) is 1. The monoisotopic (exact) mass is 224 g/mol. The van der Waals surface area contributed by atoms with Gasteiger partial charge in [-0.05, 0) is 5.56 Å². The van der Waals surface area contributed by atoms with Crippen LogP contribution in [0, 0.1) is 0 Å². The second kappa shape index (κ2) is 5.24. The molecular weight excluding hydrogens is 212 g/mol. The van der Waals surface area contributed by atoms with Gasteiger partial charge < -0.3 is 10.8 Å². The van der Waals surface area contributed by atoms with Gasteiger partial charge in [0.1, 0.15) is 6.04 Å². The highest BCUT2D eigenvalue weighted by molar-refractivity contribution is 5.90. The molecule has 16 heavy (non-hydrogen) atoms. The van der Waals surface area contributed by atoms with Crippen molar-refractivity contribution in [2.45, 2.75) is 12.0 Å². The van der Waals surface area contributed by atoms with Gasteiger partial charge >= 0.3 is 5.97 Å². The Morgan fingerprint density at radius 3 is 2.25 bits per heavy atom. The second-order valence-corrected chi connectivity index (χ2v) is 3.23. The summed E-state index contributed by atoms with van der Waals surface area (Å²) in [6.07, 6.45) is 0. The second-order valence-electron chi connectivity index (χ2n) is 3.23. The maximum absolute atomic E-state index is 11.4. The third kappa shape index (κ3) is 2.56. The fourth-order valence-electron chi connectivity index (χ4n) is 1.39. The fraction of sp³-hybridized carbons (Fsp3) is 0.200. The average Bonchev–Trinajstić information content (AvgIpc) is 2.30. The normalized spacial score (nSPS) is 13.9. The van der Waals surface area contributed by atoms with Crippen LogP contribution in [0.5, 0.6) is 0 Å². The van der Waals surface area contributed by atoms with Gasteiger partial charge in [0.2, 0.25) is 0 Å². The van der Waals surface area contributed by atoms with Crippen LogP contribution in [0.1, 0.15) is 11.5 Å². The minimum absolute atomic E-state index is 0.434. The van der Waals surface area contributed by atoms with Gasteiger partial charge in [-0.2, -0.15) is 0 Å². The molecule has 0 aliphatic carbocycles. The molecule has 1 amide bonds. The molecule has 1 aromatic rings. The first-order valence-corrected chi connectivity index (χ1v) is 4.55. The smallest absolute Gasteiger partial charge is 0.321 e. The molecule has 0 fully saturated rings. The SMILES string of the molecule is NC(C(=O)O)C(C(=O)NO)c1ccccc1. The molecule has 1 rings (SSSR count). The lowest BCUT2D eigenvalue weighted by atomic mass is 9.91. The van der Waals surface area contributed by atoms with Crippen LogP contribution in [0.4, 0.5) is 0 Å². The summed E-state index contributed by atoms with van der Waals surface area (Å²) in [4.78, 5) is 22.1. The Bertz CT molecular complexity index is 380. The Morgan fingerprint density at radius 2 is 1.81 bits per heavy atom. The molecule has 0 aliphatic rings. The number of carbonyl (C=O) groups excluding carboxylic acids is 1. The summed E-state index contributed by atoms with van der Waals surface area (Å²) >= 11 is 0. The molecular formula is C10H12N2O4. The molecule has 1 aromatic carbocycles. The Hall–Kier alpha value is -1.92. The lowest BCUT2D eigenvalue weighted by Crippen LogP contribution is -2.44. The van der Waals surface area contributed by atoms with Gasteiger partial charge in [0.15, 0.2) is 0 Å². The molecule has 0 radical (unpaired) electrons. The number of benzene rings is 1. The van der Waals surface area contributed by atoms with E-state index in [1.807, 2.05) is 0 Å². The molecule has 2 atom stereocenters. The Balaban J connectivity index is 3.06. The van der Waals surface area contributed by atoms with Crippen molar-refractivity contribution in [3.63, 3.8) is 0 Å². The van der Waals surface area contributed by atoms with E-state index < -0.39 is 23.8 Å². The Morgan fingerprint density at radius 1 is 1.25 bits per heavy atom. The molecule has 5 N–H and O–H groups in total. The lowest BCUT2D eigenvalue weighted by Gasteiger charge is -2.18. The average molecular weight is 224 g/mol. The summed E-state index contributed by atoms with van der Waals surface area (Å²) < 4.78 is 0. The van der Waals surface area contributed by atoms with Gasteiger partial charge in [-0.1, -0.05) is 30.3 Å². The van der Waals surface area contributed by atoms with Crippen LogP contribution in [-0.2, 0) is 9.59 Å². The summed E-state index contributed by atoms with van der Waals surface area (Å²) in [5.74, 6) is -3.28. The van der Waals surface area contributed by atoms with E-state index >= 15 is 0 Å². The van der Waals surface area contributed by atoms with Crippen LogP contribution in [-0.4, -0.2) is 28.2 Å². The first-order chi connectivity index (χ1) is 7.57. The Kier molecular flexibility index (Phi) is 3.98. The van der Waals surface area contributed by atoms with Crippen LogP contribution in [0.2, 0.25) is 0 Å². The molecule has 0 saturated carbocycles. The highest BCUT2D eigenvalue weighted by atomic mass is 16.5. The molecule has 2 unspecified atom stereocenters. The standard InChI is InChI=1S/C10H12N2O4/c11-8(10(14)15)7(9(13)12-16)6-4-2-1-3-5-6/h1-5,7-8,16H,11H2,(H,12,13)(H,14,15). The summed E-state index contributed by atoms with van der Waals surface area (Å²) in [5, 5.41) is 17.3. The van der Waals surface area contributed by atoms with Crippen LogP contribution in [0.15, 0.2) is 30.3 Å². The largest absolute Gasteiger partial charge is 0.480 e. The molecule has 0 aromatic heterocycles. The van der Waals surface area contributed by atoms with E-state index in [1.54, 1.807) is 30.3 Å². The zero-order valence-electron chi connectivity index (χ0n) is 8.33. The molecule has 0 aliphatic heterocycles. The number of carboxylic acids is 1. The summed E-state index contributed by atoms with van der Waals surface area (Å²) in [6, 6.07) is 6.77. The summed E-state index contributed by atoms with van der Waals surface area (Å²) in [7, 11) is 0. The van der Waals surface area contributed by atoms with Gasteiger partial charge in [0.05, 0.1) is 5.92 Å². The number of nitrogens with one attached hydrogen (secondary N) is 1. The maximum atomic E-state index is 11.4. The van der Waals surface area contributed by atoms with Crippen LogP contribution in [0.3, 0.4) is 0 Å². The van der Waals surface area contributed by atoms with Gasteiger partial charge in [-0.25, -0.2) is 5.48 Å². The first kappa shape index (κ1) is 12.2. The number of rotatable bonds is 4. The van der Waals surface area contributed by atoms with Crippen LogP contribution >= 0.6 is 0 Å².